The quantitative estimate of drug-likeness (QED) is 0.461. The third kappa shape index (κ3) is 4.40. The Morgan fingerprint density at radius 3 is 2.38 bits per heavy atom. The molecule has 0 bridgehead atoms. The minimum Gasteiger partial charge on any atom is -0.455 e. The summed E-state index contributed by atoms with van der Waals surface area (Å²) in [6, 6.07) is 20.6. The first-order valence-electron chi connectivity index (χ1n) is 9.89. The van der Waals surface area contributed by atoms with E-state index >= 15 is 0 Å². The van der Waals surface area contributed by atoms with E-state index in [-0.39, 0.29) is 23.1 Å². The highest BCUT2D eigenvalue weighted by atomic mass is 35.5. The summed E-state index contributed by atoms with van der Waals surface area (Å²) in [5.74, 6) is -0.514. The standard InChI is InChI=1S/C25H19ClN2O4/c1-15-22(30)19-8-5-9-20(24(19)32-23(15)16-6-3-2-4-7-16)25(31)27-14-21(29)28-18-12-10-17(26)11-13-18/h2-13H,14H2,1H3,(H,27,31)(H,28,29). The molecule has 0 saturated carbocycles. The molecular weight excluding hydrogens is 428 g/mol. The van der Waals surface area contributed by atoms with Crippen molar-refractivity contribution in [2.24, 2.45) is 0 Å². The van der Waals surface area contributed by atoms with Crippen LogP contribution in [0, 0.1) is 6.92 Å². The molecule has 0 aliphatic rings. The number of nitrogens with one attached hydrogen (secondary N) is 2. The summed E-state index contributed by atoms with van der Waals surface area (Å²) in [5.41, 5.74) is 1.91. The van der Waals surface area contributed by atoms with E-state index in [1.165, 1.54) is 0 Å². The Balaban J connectivity index is 1.60. The van der Waals surface area contributed by atoms with Crippen molar-refractivity contribution in [3.05, 3.63) is 99.2 Å². The largest absolute Gasteiger partial charge is 0.455 e. The van der Waals surface area contributed by atoms with E-state index in [1.54, 1.807) is 49.4 Å². The van der Waals surface area contributed by atoms with Crippen LogP contribution in [0.4, 0.5) is 5.69 Å². The molecule has 0 spiro atoms. The highest BCUT2D eigenvalue weighted by Crippen LogP contribution is 2.27. The van der Waals surface area contributed by atoms with Gasteiger partial charge in [-0.2, -0.15) is 0 Å². The first kappa shape index (κ1) is 21.3. The maximum Gasteiger partial charge on any atom is 0.255 e. The van der Waals surface area contributed by atoms with Gasteiger partial charge in [-0.1, -0.05) is 48.0 Å². The van der Waals surface area contributed by atoms with Gasteiger partial charge in [0.15, 0.2) is 11.0 Å². The van der Waals surface area contributed by atoms with E-state index in [1.807, 2.05) is 30.3 Å². The molecule has 0 atom stereocenters. The van der Waals surface area contributed by atoms with Crippen molar-refractivity contribution in [2.45, 2.75) is 6.92 Å². The van der Waals surface area contributed by atoms with Crippen molar-refractivity contribution in [3.8, 4) is 11.3 Å². The van der Waals surface area contributed by atoms with Gasteiger partial charge in [0.2, 0.25) is 5.91 Å². The number of carbonyl (C=O) groups is 2. The lowest BCUT2D eigenvalue weighted by Crippen LogP contribution is -2.33. The molecule has 6 nitrogen and oxygen atoms in total. The van der Waals surface area contributed by atoms with E-state index in [2.05, 4.69) is 10.6 Å². The number of hydrogen-bond acceptors (Lipinski definition) is 4. The molecule has 4 rings (SSSR count). The molecule has 1 heterocycles. The van der Waals surface area contributed by atoms with Gasteiger partial charge in [0, 0.05) is 21.8 Å². The van der Waals surface area contributed by atoms with Crippen LogP contribution < -0.4 is 16.1 Å². The molecule has 0 aliphatic carbocycles. The van der Waals surface area contributed by atoms with Gasteiger partial charge in [0.25, 0.3) is 5.91 Å². The second kappa shape index (κ2) is 9.08. The highest BCUT2D eigenvalue weighted by Gasteiger charge is 2.18. The summed E-state index contributed by atoms with van der Waals surface area (Å²) >= 11 is 5.84. The monoisotopic (exact) mass is 446 g/mol. The molecule has 32 heavy (non-hydrogen) atoms. The zero-order valence-corrected chi connectivity index (χ0v) is 17.9. The van der Waals surface area contributed by atoms with Gasteiger partial charge in [-0.3, -0.25) is 14.4 Å². The van der Waals surface area contributed by atoms with Crippen molar-refractivity contribution in [1.82, 2.24) is 5.32 Å². The van der Waals surface area contributed by atoms with E-state index in [0.717, 1.165) is 5.56 Å². The molecule has 2 N–H and O–H groups in total. The summed E-state index contributed by atoms with van der Waals surface area (Å²) in [6.07, 6.45) is 0. The molecule has 0 unspecified atom stereocenters. The predicted molar refractivity (Wildman–Crippen MR) is 125 cm³/mol. The van der Waals surface area contributed by atoms with E-state index in [4.69, 9.17) is 16.0 Å². The summed E-state index contributed by atoms with van der Waals surface area (Å²) in [4.78, 5) is 38.0. The van der Waals surface area contributed by atoms with Crippen LogP contribution in [0.25, 0.3) is 22.3 Å². The van der Waals surface area contributed by atoms with E-state index in [0.29, 0.717) is 27.4 Å². The number of para-hydroxylation sites is 1. The Morgan fingerprint density at radius 1 is 0.938 bits per heavy atom. The van der Waals surface area contributed by atoms with Crippen LogP contribution in [0.3, 0.4) is 0 Å². The normalized spacial score (nSPS) is 10.7. The first-order chi connectivity index (χ1) is 15.4. The van der Waals surface area contributed by atoms with Crippen LogP contribution in [0.2, 0.25) is 5.02 Å². The Kier molecular flexibility index (Phi) is 6.05. The van der Waals surface area contributed by atoms with Crippen molar-refractivity contribution in [3.63, 3.8) is 0 Å². The third-order valence-corrected chi connectivity index (χ3v) is 5.22. The molecule has 0 aliphatic heterocycles. The molecule has 160 valence electrons. The van der Waals surface area contributed by atoms with Gasteiger partial charge >= 0.3 is 0 Å². The molecule has 4 aromatic rings. The lowest BCUT2D eigenvalue weighted by Gasteiger charge is -2.11. The average molecular weight is 447 g/mol. The van der Waals surface area contributed by atoms with Crippen LogP contribution >= 0.6 is 11.6 Å². The minimum absolute atomic E-state index is 0.177. The van der Waals surface area contributed by atoms with Crippen molar-refractivity contribution < 1.29 is 14.0 Å². The zero-order valence-electron chi connectivity index (χ0n) is 17.1. The molecule has 1 aromatic heterocycles. The van der Waals surface area contributed by atoms with Crippen LogP contribution in [0.5, 0.6) is 0 Å². The molecule has 2 amide bonds. The van der Waals surface area contributed by atoms with Gasteiger partial charge in [0.05, 0.1) is 17.5 Å². The SMILES string of the molecule is Cc1c(-c2ccccc2)oc2c(C(=O)NCC(=O)Nc3ccc(Cl)cc3)cccc2c1=O. The molecule has 0 fully saturated rings. The average Bonchev–Trinajstić information content (AvgIpc) is 2.81. The smallest absolute Gasteiger partial charge is 0.255 e. The number of hydrogen-bond donors (Lipinski definition) is 2. The predicted octanol–water partition coefficient (Wildman–Crippen LogP) is 4.79. The Morgan fingerprint density at radius 2 is 1.66 bits per heavy atom. The van der Waals surface area contributed by atoms with Gasteiger partial charge in [-0.05, 0) is 43.3 Å². The van der Waals surface area contributed by atoms with Gasteiger partial charge in [-0.25, -0.2) is 0 Å². The topological polar surface area (TPSA) is 88.4 Å². The number of benzene rings is 3. The van der Waals surface area contributed by atoms with Gasteiger partial charge in [0.1, 0.15) is 5.76 Å². The van der Waals surface area contributed by atoms with Gasteiger partial charge in [-0.15, -0.1) is 0 Å². The minimum atomic E-state index is -0.520. The van der Waals surface area contributed by atoms with Crippen molar-refractivity contribution in [1.29, 1.82) is 0 Å². The van der Waals surface area contributed by atoms with E-state index in [9.17, 15) is 14.4 Å². The van der Waals surface area contributed by atoms with Crippen molar-refractivity contribution in [2.75, 3.05) is 11.9 Å². The molecule has 3 aromatic carbocycles. The number of amides is 2. The maximum absolute atomic E-state index is 12.9. The van der Waals surface area contributed by atoms with Crippen LogP contribution in [-0.4, -0.2) is 18.4 Å². The van der Waals surface area contributed by atoms with Crippen molar-refractivity contribution >= 4 is 40.1 Å². The summed E-state index contributed by atoms with van der Waals surface area (Å²) in [7, 11) is 0. The third-order valence-electron chi connectivity index (χ3n) is 4.96. The van der Waals surface area contributed by atoms with E-state index < -0.39 is 11.8 Å². The summed E-state index contributed by atoms with van der Waals surface area (Å²) < 4.78 is 6.05. The van der Waals surface area contributed by atoms with Gasteiger partial charge < -0.3 is 15.1 Å². The Hall–Kier alpha value is -3.90. The van der Waals surface area contributed by atoms with Crippen LogP contribution in [0.1, 0.15) is 15.9 Å². The number of halogens is 1. The zero-order chi connectivity index (χ0) is 22.7. The molecular formula is C25H19ClN2O4. The highest BCUT2D eigenvalue weighted by molar-refractivity contribution is 6.30. The fourth-order valence-electron chi connectivity index (χ4n) is 3.35. The molecule has 0 radical (unpaired) electrons. The number of rotatable bonds is 5. The Labute approximate surface area is 188 Å². The number of carbonyl (C=O) groups excluding carboxylic acids is 2. The first-order valence-corrected chi connectivity index (χ1v) is 10.3. The second-order valence-electron chi connectivity index (χ2n) is 7.17. The summed E-state index contributed by atoms with van der Waals surface area (Å²) in [6.45, 7) is 1.45. The fourth-order valence-corrected chi connectivity index (χ4v) is 3.47. The number of anilines is 1. The van der Waals surface area contributed by atoms with Crippen LogP contribution in [-0.2, 0) is 4.79 Å². The molecule has 7 heteroatoms. The second-order valence-corrected chi connectivity index (χ2v) is 7.61. The Bertz CT molecular complexity index is 1360. The maximum atomic E-state index is 12.9. The summed E-state index contributed by atoms with van der Waals surface area (Å²) in [5, 5.41) is 6.11. The van der Waals surface area contributed by atoms with Crippen LogP contribution in [0.15, 0.2) is 82.0 Å². The lowest BCUT2D eigenvalue weighted by atomic mass is 10.0. The fraction of sp³-hybridized carbons (Fsp3) is 0.0800. The molecule has 0 saturated heterocycles. The number of fused-ring (bicyclic) bond motifs is 1. The lowest BCUT2D eigenvalue weighted by molar-refractivity contribution is -0.115.